The fourth-order valence-corrected chi connectivity index (χ4v) is 0.924. The van der Waals surface area contributed by atoms with E-state index < -0.39 is 18.0 Å². The molecule has 1 aromatic rings. The highest BCUT2D eigenvalue weighted by Crippen LogP contribution is 2.13. The Labute approximate surface area is 84.2 Å². The Bertz CT molecular complexity index is 384. The minimum Gasteiger partial charge on any atom is -0.481 e. The van der Waals surface area contributed by atoms with Crippen molar-refractivity contribution in [1.29, 1.82) is 0 Å². The number of hydrogen-bond acceptors (Lipinski definition) is 4. The van der Waals surface area contributed by atoms with Gasteiger partial charge in [-0.2, -0.15) is 18.7 Å². The third kappa shape index (κ3) is 3.12. The fourth-order valence-electron chi connectivity index (χ4n) is 0.924. The Balaban J connectivity index is 2.72. The van der Waals surface area contributed by atoms with Gasteiger partial charge in [0.1, 0.15) is 5.82 Å². The van der Waals surface area contributed by atoms with Crippen LogP contribution < -0.4 is 5.32 Å². The molecule has 1 aromatic heterocycles. The number of nitrogens with zero attached hydrogens (tertiary/aromatic N) is 2. The van der Waals surface area contributed by atoms with Crippen molar-refractivity contribution in [2.45, 2.75) is 13.3 Å². The van der Waals surface area contributed by atoms with E-state index in [-0.39, 0.29) is 24.3 Å². The van der Waals surface area contributed by atoms with Crippen molar-refractivity contribution >= 4 is 11.8 Å². The Morgan fingerprint density at radius 2 is 2.13 bits per heavy atom. The number of aliphatic carboxylic acids is 1. The minimum atomic E-state index is -1.18. The van der Waals surface area contributed by atoms with E-state index in [0.717, 1.165) is 0 Å². The summed E-state index contributed by atoms with van der Waals surface area (Å²) >= 11 is 0. The first-order valence-electron chi connectivity index (χ1n) is 4.16. The van der Waals surface area contributed by atoms with Crippen molar-refractivity contribution in [3.63, 3.8) is 0 Å². The molecule has 0 aromatic carbocycles. The van der Waals surface area contributed by atoms with Gasteiger partial charge >= 0.3 is 12.0 Å². The minimum absolute atomic E-state index is 0.0266. The Kier molecular flexibility index (Phi) is 3.48. The number of carboxylic acids is 1. The van der Waals surface area contributed by atoms with Crippen LogP contribution in [0.2, 0.25) is 0 Å². The summed E-state index contributed by atoms with van der Waals surface area (Å²) in [5.41, 5.74) is 0.0572. The summed E-state index contributed by atoms with van der Waals surface area (Å²) in [4.78, 5) is 16.4. The number of carbonyl (C=O) groups is 1. The zero-order valence-electron chi connectivity index (χ0n) is 7.92. The van der Waals surface area contributed by atoms with Gasteiger partial charge in [0.2, 0.25) is 5.95 Å². The van der Waals surface area contributed by atoms with Crippen molar-refractivity contribution < 1.29 is 18.7 Å². The maximum atomic E-state index is 12.9. The predicted octanol–water partition coefficient (Wildman–Crippen LogP) is 0.950. The summed E-state index contributed by atoms with van der Waals surface area (Å²) in [6.45, 7) is 1.42. The Morgan fingerprint density at radius 3 is 2.73 bits per heavy atom. The molecule has 2 N–H and O–H groups in total. The summed E-state index contributed by atoms with van der Waals surface area (Å²) in [5.74, 6) is -1.99. The molecule has 1 rings (SSSR count). The smallest absolute Gasteiger partial charge is 0.313 e. The summed E-state index contributed by atoms with van der Waals surface area (Å²) in [7, 11) is 0. The lowest BCUT2D eigenvalue weighted by Gasteiger charge is -2.06. The molecule has 1 heterocycles. The van der Waals surface area contributed by atoms with Crippen LogP contribution in [0.3, 0.4) is 0 Å². The van der Waals surface area contributed by atoms with Crippen LogP contribution in [0.5, 0.6) is 0 Å². The van der Waals surface area contributed by atoms with E-state index in [4.69, 9.17) is 5.11 Å². The Hall–Kier alpha value is -1.79. The molecule has 82 valence electrons. The molecule has 5 nitrogen and oxygen atoms in total. The summed E-state index contributed by atoms with van der Waals surface area (Å²) in [6.07, 6.45) is -1.34. The van der Waals surface area contributed by atoms with Gasteiger partial charge in [0.05, 0.1) is 6.42 Å². The molecule has 0 atom stereocenters. The van der Waals surface area contributed by atoms with Gasteiger partial charge in [-0.05, 0) is 6.92 Å². The second-order valence-electron chi connectivity index (χ2n) is 2.83. The number of halogens is 2. The topological polar surface area (TPSA) is 75.1 Å². The lowest BCUT2D eigenvalue weighted by molar-refractivity contribution is -0.136. The highest BCUT2D eigenvalue weighted by Gasteiger charge is 2.10. The molecule has 0 aliphatic carbocycles. The van der Waals surface area contributed by atoms with E-state index in [2.05, 4.69) is 15.3 Å². The third-order valence-electron chi connectivity index (χ3n) is 1.69. The van der Waals surface area contributed by atoms with Crippen molar-refractivity contribution in [1.82, 2.24) is 9.97 Å². The molecule has 0 radical (unpaired) electrons. The average molecular weight is 217 g/mol. The molecule has 0 spiro atoms. The first-order valence-corrected chi connectivity index (χ1v) is 4.16. The lowest BCUT2D eigenvalue weighted by atomic mass is 10.3. The molecule has 0 bridgehead atoms. The summed E-state index contributed by atoms with van der Waals surface area (Å²) in [6, 6.07) is 0. The van der Waals surface area contributed by atoms with Gasteiger partial charge in [0.15, 0.2) is 0 Å². The number of anilines is 1. The highest BCUT2D eigenvalue weighted by atomic mass is 19.1. The quantitative estimate of drug-likeness (QED) is 0.580. The van der Waals surface area contributed by atoms with Gasteiger partial charge in [-0.1, -0.05) is 0 Å². The van der Waals surface area contributed by atoms with Gasteiger partial charge in [-0.25, -0.2) is 0 Å². The number of nitrogens with one attached hydrogen (secondary N) is 1. The van der Waals surface area contributed by atoms with E-state index >= 15 is 0 Å². The molecular weight excluding hydrogens is 208 g/mol. The zero-order valence-corrected chi connectivity index (χ0v) is 7.92. The second kappa shape index (κ2) is 4.63. The molecule has 15 heavy (non-hydrogen) atoms. The van der Waals surface area contributed by atoms with Crippen molar-refractivity contribution in [3.05, 3.63) is 17.6 Å². The van der Waals surface area contributed by atoms with E-state index in [0.29, 0.717) is 0 Å². The number of carboxylic acid groups (broad SMARTS) is 1. The van der Waals surface area contributed by atoms with Crippen LogP contribution in [-0.4, -0.2) is 27.6 Å². The maximum Gasteiger partial charge on any atom is 0.313 e. The molecule has 0 saturated carbocycles. The van der Waals surface area contributed by atoms with Gasteiger partial charge in [0, 0.05) is 12.1 Å². The average Bonchev–Trinajstić information content (AvgIpc) is 2.12. The molecule has 0 amide bonds. The fraction of sp³-hybridized carbons (Fsp3) is 0.375. The third-order valence-corrected chi connectivity index (χ3v) is 1.69. The summed E-state index contributed by atoms with van der Waals surface area (Å²) in [5, 5.41) is 10.9. The molecule has 0 unspecified atom stereocenters. The van der Waals surface area contributed by atoms with Crippen LogP contribution in [0.4, 0.5) is 14.6 Å². The summed E-state index contributed by atoms with van der Waals surface area (Å²) < 4.78 is 25.5. The first-order chi connectivity index (χ1) is 7.00. The molecule has 0 saturated heterocycles. The first kappa shape index (κ1) is 11.3. The standard InChI is InChI=1S/C8H9F2N3O2/c1-4-6(9)12-8(10)13-7(4)11-3-2-5(14)15/h2-3H2,1H3,(H,14,15)(H,11,12,13). The van der Waals surface area contributed by atoms with Gasteiger partial charge < -0.3 is 10.4 Å². The van der Waals surface area contributed by atoms with E-state index in [1.807, 2.05) is 0 Å². The largest absolute Gasteiger partial charge is 0.481 e. The Morgan fingerprint density at radius 1 is 1.47 bits per heavy atom. The molecule has 7 heteroatoms. The van der Waals surface area contributed by atoms with Crippen LogP contribution in [0.1, 0.15) is 12.0 Å². The van der Waals surface area contributed by atoms with Crippen LogP contribution in [-0.2, 0) is 4.79 Å². The van der Waals surface area contributed by atoms with Gasteiger partial charge in [0.25, 0.3) is 0 Å². The molecular formula is C8H9F2N3O2. The highest BCUT2D eigenvalue weighted by molar-refractivity contribution is 5.67. The van der Waals surface area contributed by atoms with Crippen LogP contribution in [0.15, 0.2) is 0 Å². The van der Waals surface area contributed by atoms with Crippen molar-refractivity contribution in [2.24, 2.45) is 0 Å². The molecule has 0 aliphatic rings. The van der Waals surface area contributed by atoms with Crippen LogP contribution in [0.25, 0.3) is 0 Å². The lowest BCUT2D eigenvalue weighted by Crippen LogP contribution is -2.12. The van der Waals surface area contributed by atoms with E-state index in [1.54, 1.807) is 0 Å². The number of rotatable bonds is 4. The van der Waals surface area contributed by atoms with E-state index in [1.165, 1.54) is 6.92 Å². The van der Waals surface area contributed by atoms with Crippen molar-refractivity contribution in [2.75, 3.05) is 11.9 Å². The van der Waals surface area contributed by atoms with Crippen molar-refractivity contribution in [3.8, 4) is 0 Å². The zero-order chi connectivity index (χ0) is 11.4. The molecule has 0 aliphatic heterocycles. The number of aromatic nitrogens is 2. The van der Waals surface area contributed by atoms with Crippen LogP contribution >= 0.6 is 0 Å². The van der Waals surface area contributed by atoms with Crippen LogP contribution in [0, 0.1) is 18.9 Å². The maximum absolute atomic E-state index is 12.9. The SMILES string of the molecule is Cc1c(F)nc(F)nc1NCCC(=O)O. The van der Waals surface area contributed by atoms with E-state index in [9.17, 15) is 13.6 Å². The number of hydrogen-bond donors (Lipinski definition) is 2. The van der Waals surface area contributed by atoms with Gasteiger partial charge in [-0.15, -0.1) is 0 Å². The predicted molar refractivity (Wildman–Crippen MR) is 47.4 cm³/mol. The monoisotopic (exact) mass is 217 g/mol. The van der Waals surface area contributed by atoms with Gasteiger partial charge in [-0.3, -0.25) is 4.79 Å². The normalized spacial score (nSPS) is 10.1. The second-order valence-corrected chi connectivity index (χ2v) is 2.83. The molecule has 0 fully saturated rings.